The van der Waals surface area contributed by atoms with Crippen LogP contribution in [0.2, 0.25) is 0 Å². The Morgan fingerprint density at radius 3 is 2.30 bits per heavy atom. The molecule has 0 atom stereocenters. The summed E-state index contributed by atoms with van der Waals surface area (Å²) in [6.07, 6.45) is 2.10. The summed E-state index contributed by atoms with van der Waals surface area (Å²) in [7, 11) is 0. The highest BCUT2D eigenvalue weighted by atomic mass is 16.1. The fraction of sp³-hybridized carbons (Fsp3) is 0.310. The van der Waals surface area contributed by atoms with E-state index >= 15 is 0 Å². The molecule has 1 aromatic heterocycles. The molecule has 0 bridgehead atoms. The normalized spacial score (nSPS) is 11.2. The number of carbonyl (C=O) groups is 1. The van der Waals surface area contributed by atoms with Crippen molar-refractivity contribution in [3.63, 3.8) is 0 Å². The minimum Gasteiger partial charge on any atom is -0.356 e. The van der Waals surface area contributed by atoms with Crippen molar-refractivity contribution in [2.75, 3.05) is 6.54 Å². The molecule has 0 saturated carbocycles. The van der Waals surface area contributed by atoms with Crippen LogP contribution in [0.15, 0.2) is 60.7 Å². The highest BCUT2D eigenvalue weighted by Crippen LogP contribution is 2.25. The molecule has 0 saturated heterocycles. The number of benzene rings is 3. The van der Waals surface area contributed by atoms with Gasteiger partial charge in [-0.2, -0.15) is 0 Å². The summed E-state index contributed by atoms with van der Waals surface area (Å²) in [6, 6.07) is 20.5. The fourth-order valence-corrected chi connectivity index (χ4v) is 4.50. The largest absolute Gasteiger partial charge is 0.356 e. The molecule has 1 heterocycles. The highest BCUT2D eigenvalue weighted by Gasteiger charge is 2.15. The van der Waals surface area contributed by atoms with Gasteiger partial charge in [0.1, 0.15) is 5.82 Å². The quantitative estimate of drug-likeness (QED) is 0.363. The van der Waals surface area contributed by atoms with Crippen molar-refractivity contribution in [1.82, 2.24) is 14.9 Å². The lowest BCUT2D eigenvalue weighted by molar-refractivity contribution is -0.120. The van der Waals surface area contributed by atoms with Gasteiger partial charge in [-0.15, -0.1) is 0 Å². The third-order valence-corrected chi connectivity index (χ3v) is 6.68. The van der Waals surface area contributed by atoms with Gasteiger partial charge in [-0.05, 0) is 79.6 Å². The molecule has 4 aromatic rings. The van der Waals surface area contributed by atoms with Gasteiger partial charge in [0, 0.05) is 19.5 Å². The average Bonchev–Trinajstić information content (AvgIpc) is 3.16. The van der Waals surface area contributed by atoms with Crippen molar-refractivity contribution in [2.24, 2.45) is 0 Å². The van der Waals surface area contributed by atoms with Crippen LogP contribution in [0.3, 0.4) is 0 Å². The van der Waals surface area contributed by atoms with Gasteiger partial charge in [-0.3, -0.25) is 4.79 Å². The summed E-state index contributed by atoms with van der Waals surface area (Å²) in [5, 5.41) is 3.06. The SMILES string of the molecule is Cc1cc(C)c(C)c(Cn2c(CCCNC(=O)Cc3ccccc3)nc3ccccc32)c1C. The molecule has 0 aliphatic carbocycles. The van der Waals surface area contributed by atoms with E-state index in [2.05, 4.69) is 61.8 Å². The van der Waals surface area contributed by atoms with E-state index in [9.17, 15) is 4.79 Å². The fourth-order valence-electron chi connectivity index (χ4n) is 4.50. The van der Waals surface area contributed by atoms with Crippen molar-refractivity contribution in [3.8, 4) is 0 Å². The Hall–Kier alpha value is -3.40. The number of fused-ring (bicyclic) bond motifs is 1. The van der Waals surface area contributed by atoms with Crippen LogP contribution in [0.4, 0.5) is 0 Å². The Labute approximate surface area is 196 Å². The van der Waals surface area contributed by atoms with Crippen molar-refractivity contribution in [2.45, 2.75) is 53.5 Å². The van der Waals surface area contributed by atoms with E-state index in [1.807, 2.05) is 36.4 Å². The summed E-state index contributed by atoms with van der Waals surface area (Å²) in [5.74, 6) is 1.14. The molecule has 1 N–H and O–H groups in total. The molecule has 0 unspecified atom stereocenters. The third-order valence-electron chi connectivity index (χ3n) is 6.68. The van der Waals surface area contributed by atoms with Gasteiger partial charge < -0.3 is 9.88 Å². The van der Waals surface area contributed by atoms with Gasteiger partial charge in [0.25, 0.3) is 0 Å². The molecule has 1 amide bonds. The third kappa shape index (κ3) is 5.16. The van der Waals surface area contributed by atoms with E-state index in [1.165, 1.54) is 33.3 Å². The number of amides is 1. The van der Waals surface area contributed by atoms with Crippen LogP contribution in [-0.4, -0.2) is 22.0 Å². The van der Waals surface area contributed by atoms with Gasteiger partial charge in [0.05, 0.1) is 17.5 Å². The molecule has 3 aromatic carbocycles. The first kappa shape index (κ1) is 22.8. The summed E-state index contributed by atoms with van der Waals surface area (Å²) < 4.78 is 2.36. The molecule has 0 fully saturated rings. The van der Waals surface area contributed by atoms with E-state index in [0.717, 1.165) is 36.3 Å². The van der Waals surface area contributed by atoms with Crippen LogP contribution in [-0.2, 0) is 24.2 Å². The monoisotopic (exact) mass is 439 g/mol. The first-order chi connectivity index (χ1) is 15.9. The van der Waals surface area contributed by atoms with Crippen LogP contribution >= 0.6 is 0 Å². The smallest absolute Gasteiger partial charge is 0.224 e. The van der Waals surface area contributed by atoms with E-state index in [4.69, 9.17) is 4.98 Å². The van der Waals surface area contributed by atoms with Crippen molar-refractivity contribution < 1.29 is 4.79 Å². The molecular formula is C29H33N3O. The number of rotatable bonds is 8. The zero-order chi connectivity index (χ0) is 23.4. The first-order valence-electron chi connectivity index (χ1n) is 11.7. The minimum absolute atomic E-state index is 0.0659. The van der Waals surface area contributed by atoms with Gasteiger partial charge in [0.15, 0.2) is 0 Å². The van der Waals surface area contributed by atoms with E-state index < -0.39 is 0 Å². The molecule has 4 heteroatoms. The Balaban J connectivity index is 1.49. The zero-order valence-electron chi connectivity index (χ0n) is 20.1. The molecule has 33 heavy (non-hydrogen) atoms. The molecule has 0 radical (unpaired) electrons. The molecule has 4 nitrogen and oxygen atoms in total. The predicted octanol–water partition coefficient (Wildman–Crippen LogP) is 5.61. The zero-order valence-corrected chi connectivity index (χ0v) is 20.1. The second kappa shape index (κ2) is 10.0. The molecule has 0 spiro atoms. The van der Waals surface area contributed by atoms with Crippen molar-refractivity contribution in [1.29, 1.82) is 0 Å². The van der Waals surface area contributed by atoms with Gasteiger partial charge in [-0.1, -0.05) is 48.5 Å². The van der Waals surface area contributed by atoms with Gasteiger partial charge in [-0.25, -0.2) is 4.98 Å². The minimum atomic E-state index is 0.0659. The number of imidazole rings is 1. The Kier molecular flexibility index (Phi) is 6.93. The molecule has 170 valence electrons. The second-order valence-corrected chi connectivity index (χ2v) is 8.96. The number of para-hydroxylation sites is 2. The maximum Gasteiger partial charge on any atom is 0.224 e. The van der Waals surface area contributed by atoms with E-state index in [-0.39, 0.29) is 5.91 Å². The topological polar surface area (TPSA) is 46.9 Å². The van der Waals surface area contributed by atoms with Crippen molar-refractivity contribution >= 4 is 16.9 Å². The van der Waals surface area contributed by atoms with Crippen molar-refractivity contribution in [3.05, 3.63) is 99.9 Å². The first-order valence-corrected chi connectivity index (χ1v) is 11.7. The molecule has 0 aliphatic rings. The van der Waals surface area contributed by atoms with Gasteiger partial charge in [0.2, 0.25) is 5.91 Å². The number of hydrogen-bond donors (Lipinski definition) is 1. The van der Waals surface area contributed by atoms with Gasteiger partial charge >= 0.3 is 0 Å². The van der Waals surface area contributed by atoms with Crippen LogP contribution in [0, 0.1) is 27.7 Å². The standard InChI is InChI=1S/C29H33N3O/c1-20-17-21(2)23(4)25(22(20)3)19-32-27-14-9-8-13-26(27)31-28(32)15-10-16-30-29(33)18-24-11-6-5-7-12-24/h5-9,11-14,17H,10,15-16,18-19H2,1-4H3,(H,30,33). The van der Waals surface area contributed by atoms with E-state index in [0.29, 0.717) is 13.0 Å². The maximum absolute atomic E-state index is 12.3. The molecule has 4 rings (SSSR count). The lowest BCUT2D eigenvalue weighted by atomic mass is 9.94. The van der Waals surface area contributed by atoms with Crippen LogP contribution < -0.4 is 5.32 Å². The second-order valence-electron chi connectivity index (χ2n) is 8.96. The number of aromatic nitrogens is 2. The maximum atomic E-state index is 12.3. The summed E-state index contributed by atoms with van der Waals surface area (Å²) in [4.78, 5) is 17.2. The lowest BCUT2D eigenvalue weighted by Crippen LogP contribution is -2.26. The summed E-state index contributed by atoms with van der Waals surface area (Å²) in [5.41, 5.74) is 9.99. The Morgan fingerprint density at radius 2 is 1.58 bits per heavy atom. The molecule has 0 aliphatic heterocycles. The van der Waals surface area contributed by atoms with Crippen LogP contribution in [0.25, 0.3) is 11.0 Å². The number of nitrogens with one attached hydrogen (secondary N) is 1. The Bertz CT molecular complexity index is 1250. The predicted molar refractivity (Wildman–Crippen MR) is 136 cm³/mol. The van der Waals surface area contributed by atoms with Crippen LogP contribution in [0.5, 0.6) is 0 Å². The number of aryl methyl sites for hydroxylation is 3. The summed E-state index contributed by atoms with van der Waals surface area (Å²) in [6.45, 7) is 10.3. The lowest BCUT2D eigenvalue weighted by Gasteiger charge is -2.18. The number of nitrogens with zero attached hydrogens (tertiary/aromatic N) is 2. The molecular weight excluding hydrogens is 406 g/mol. The summed E-state index contributed by atoms with van der Waals surface area (Å²) >= 11 is 0. The van der Waals surface area contributed by atoms with E-state index in [1.54, 1.807) is 0 Å². The number of carbonyl (C=O) groups excluding carboxylic acids is 1. The Morgan fingerprint density at radius 1 is 0.909 bits per heavy atom. The number of hydrogen-bond acceptors (Lipinski definition) is 2. The van der Waals surface area contributed by atoms with Crippen LogP contribution in [0.1, 0.15) is 45.6 Å². The average molecular weight is 440 g/mol. The highest BCUT2D eigenvalue weighted by molar-refractivity contribution is 5.78.